The molecule has 0 aliphatic carbocycles. The highest BCUT2D eigenvalue weighted by Gasteiger charge is 2.23. The minimum absolute atomic E-state index is 0.0946. The molecule has 7 nitrogen and oxygen atoms in total. The summed E-state index contributed by atoms with van der Waals surface area (Å²) in [4.78, 5) is 18.0. The van der Waals surface area contributed by atoms with E-state index in [9.17, 15) is 4.79 Å². The van der Waals surface area contributed by atoms with Crippen LogP contribution in [0.25, 0.3) is 10.9 Å². The first kappa shape index (κ1) is 24.0. The largest absolute Gasteiger partial charge is 0.490 e. The molecule has 166 valence electrons. The number of hydrogen-bond acceptors (Lipinski definition) is 6. The summed E-state index contributed by atoms with van der Waals surface area (Å²) < 4.78 is 13.9. The van der Waals surface area contributed by atoms with E-state index in [0.29, 0.717) is 44.9 Å². The van der Waals surface area contributed by atoms with Gasteiger partial charge in [0.15, 0.2) is 18.1 Å². The van der Waals surface area contributed by atoms with E-state index in [1.807, 2.05) is 45.9 Å². The lowest BCUT2D eigenvalue weighted by Gasteiger charge is -2.21. The highest BCUT2D eigenvalue weighted by atomic mass is 79.9. The minimum atomic E-state index is -0.416. The van der Waals surface area contributed by atoms with Crippen LogP contribution in [0.2, 0.25) is 0 Å². The average Bonchev–Trinajstić information content (AvgIpc) is 2.73. The number of halogens is 2. The molecule has 32 heavy (non-hydrogen) atoms. The Labute approximate surface area is 202 Å². The Balaban J connectivity index is 2.15. The van der Waals surface area contributed by atoms with E-state index in [2.05, 4.69) is 37.0 Å². The van der Waals surface area contributed by atoms with E-state index in [1.54, 1.807) is 24.4 Å². The van der Waals surface area contributed by atoms with Gasteiger partial charge in [0, 0.05) is 19.9 Å². The Morgan fingerprint density at radius 2 is 1.91 bits per heavy atom. The van der Waals surface area contributed by atoms with Gasteiger partial charge < -0.3 is 9.47 Å². The monoisotopic (exact) mass is 560 g/mol. The lowest BCUT2D eigenvalue weighted by atomic mass is 9.95. The summed E-state index contributed by atoms with van der Waals surface area (Å²) >= 11 is 6.92. The van der Waals surface area contributed by atoms with Crippen LogP contribution in [0.1, 0.15) is 39.1 Å². The molecular formula is C23H22Br2N4O3. The van der Waals surface area contributed by atoms with Gasteiger partial charge in [-0.2, -0.15) is 15.0 Å². The van der Waals surface area contributed by atoms with Gasteiger partial charge in [0.2, 0.25) is 0 Å². The zero-order valence-corrected chi connectivity index (χ0v) is 21.3. The zero-order valence-electron chi connectivity index (χ0n) is 18.1. The molecule has 1 aromatic heterocycles. The van der Waals surface area contributed by atoms with Crippen molar-refractivity contribution in [3.8, 4) is 17.6 Å². The van der Waals surface area contributed by atoms with Crippen molar-refractivity contribution in [1.29, 1.82) is 5.26 Å². The molecule has 9 heteroatoms. The maximum atomic E-state index is 13.3. The number of rotatable bonds is 6. The van der Waals surface area contributed by atoms with Crippen molar-refractivity contribution in [3.63, 3.8) is 0 Å². The number of fused-ring (bicyclic) bond motifs is 1. The van der Waals surface area contributed by atoms with Gasteiger partial charge in [-0.15, -0.1) is 0 Å². The van der Waals surface area contributed by atoms with Gasteiger partial charge in [-0.25, -0.2) is 4.98 Å². The molecule has 0 atom stereocenters. The molecule has 0 amide bonds. The smallest absolute Gasteiger partial charge is 0.282 e. The number of nitrogens with zero attached hydrogens (tertiary/aromatic N) is 4. The Hall–Kier alpha value is -2.70. The Kier molecular flexibility index (Phi) is 7.36. The molecule has 3 aromatic rings. The fraction of sp³-hybridized carbons (Fsp3) is 0.304. The van der Waals surface area contributed by atoms with Gasteiger partial charge in [-0.1, -0.05) is 36.7 Å². The molecule has 0 N–H and O–H groups in total. The number of hydrogen-bond donors (Lipinski definition) is 0. The van der Waals surface area contributed by atoms with Crippen LogP contribution in [0.15, 0.2) is 49.2 Å². The summed E-state index contributed by atoms with van der Waals surface area (Å²) in [5.41, 5.74) is 0.625. The fourth-order valence-electron chi connectivity index (χ4n) is 3.00. The van der Waals surface area contributed by atoms with Crippen molar-refractivity contribution in [2.45, 2.75) is 33.1 Å². The van der Waals surface area contributed by atoms with E-state index in [1.165, 1.54) is 4.68 Å². The summed E-state index contributed by atoms with van der Waals surface area (Å²) in [6.07, 6.45) is 1.57. The molecule has 0 aliphatic heterocycles. The molecule has 2 aromatic carbocycles. The second-order valence-electron chi connectivity index (χ2n) is 7.91. The van der Waals surface area contributed by atoms with Crippen molar-refractivity contribution in [2.75, 3.05) is 13.2 Å². The summed E-state index contributed by atoms with van der Waals surface area (Å²) in [6, 6.07) is 10.8. The third-order valence-electron chi connectivity index (χ3n) is 4.45. The molecule has 0 radical (unpaired) electrons. The number of nitriles is 1. The van der Waals surface area contributed by atoms with Crippen LogP contribution < -0.4 is 15.0 Å². The molecule has 0 unspecified atom stereocenters. The quantitative estimate of drug-likeness (QED) is 0.376. The number of ether oxygens (including phenoxy) is 2. The van der Waals surface area contributed by atoms with Gasteiger partial charge in [-0.05, 0) is 53.2 Å². The molecule has 3 rings (SSSR count). The van der Waals surface area contributed by atoms with Gasteiger partial charge in [0.25, 0.3) is 5.56 Å². The van der Waals surface area contributed by atoms with Crippen molar-refractivity contribution in [1.82, 2.24) is 9.66 Å². The maximum absolute atomic E-state index is 13.3. The first-order valence-corrected chi connectivity index (χ1v) is 11.5. The van der Waals surface area contributed by atoms with Crippen LogP contribution in [0.3, 0.4) is 0 Å². The van der Waals surface area contributed by atoms with Gasteiger partial charge in [0.1, 0.15) is 11.9 Å². The average molecular weight is 562 g/mol. The highest BCUT2D eigenvalue weighted by Crippen LogP contribution is 2.33. The summed E-state index contributed by atoms with van der Waals surface area (Å²) in [5.74, 6) is 1.47. The van der Waals surface area contributed by atoms with Crippen LogP contribution in [0, 0.1) is 11.3 Å². The third kappa shape index (κ3) is 5.19. The van der Waals surface area contributed by atoms with Crippen molar-refractivity contribution in [2.24, 2.45) is 5.10 Å². The van der Waals surface area contributed by atoms with Crippen LogP contribution in [0.4, 0.5) is 0 Å². The van der Waals surface area contributed by atoms with Crippen molar-refractivity contribution >= 4 is 49.0 Å². The fourth-order valence-corrected chi connectivity index (χ4v) is 3.79. The Morgan fingerprint density at radius 3 is 2.56 bits per heavy atom. The van der Waals surface area contributed by atoms with Crippen LogP contribution in [-0.4, -0.2) is 29.1 Å². The third-order valence-corrected chi connectivity index (χ3v) is 5.63. The second-order valence-corrected chi connectivity index (χ2v) is 9.68. The van der Waals surface area contributed by atoms with Crippen molar-refractivity contribution < 1.29 is 9.47 Å². The normalized spacial score (nSPS) is 11.7. The molecule has 0 fully saturated rings. The minimum Gasteiger partial charge on any atom is -0.490 e. The predicted molar refractivity (Wildman–Crippen MR) is 132 cm³/mol. The van der Waals surface area contributed by atoms with Crippen LogP contribution in [0.5, 0.6) is 11.5 Å². The standard InChI is InChI=1S/C23H22Br2N4O3/c1-5-31-19-10-14(17(25)12-20(19)32-9-8-26)13-27-29-21(30)16-11-15(24)6-7-18(16)28-22(29)23(2,3)4/h6-7,10-13H,5,9H2,1-4H3. The molecule has 1 heterocycles. The summed E-state index contributed by atoms with van der Waals surface area (Å²) in [5, 5.41) is 13.8. The Bertz CT molecular complexity index is 1290. The topological polar surface area (TPSA) is 89.5 Å². The van der Waals surface area contributed by atoms with Gasteiger partial charge >= 0.3 is 0 Å². The molecule has 0 saturated heterocycles. The lowest BCUT2D eigenvalue weighted by molar-refractivity contribution is 0.298. The molecule has 0 bridgehead atoms. The first-order chi connectivity index (χ1) is 15.2. The van der Waals surface area contributed by atoms with Crippen molar-refractivity contribution in [3.05, 3.63) is 61.0 Å². The highest BCUT2D eigenvalue weighted by molar-refractivity contribution is 9.10. The lowest BCUT2D eigenvalue weighted by Crippen LogP contribution is -2.29. The van der Waals surface area contributed by atoms with E-state index >= 15 is 0 Å². The number of aromatic nitrogens is 2. The second kappa shape index (κ2) is 9.84. The zero-order chi connectivity index (χ0) is 23.5. The Morgan fingerprint density at radius 1 is 1.19 bits per heavy atom. The first-order valence-electron chi connectivity index (χ1n) is 9.89. The summed E-state index contributed by atoms with van der Waals surface area (Å²) in [6.45, 7) is 8.14. The molecular weight excluding hydrogens is 540 g/mol. The van der Waals surface area contributed by atoms with E-state index < -0.39 is 5.41 Å². The van der Waals surface area contributed by atoms with Gasteiger partial charge in [0.05, 0.1) is 23.7 Å². The van der Waals surface area contributed by atoms with Gasteiger partial charge in [-0.3, -0.25) is 4.79 Å². The number of benzene rings is 2. The summed E-state index contributed by atoms with van der Waals surface area (Å²) in [7, 11) is 0. The van der Waals surface area contributed by atoms with E-state index in [0.717, 1.165) is 4.47 Å². The predicted octanol–water partition coefficient (Wildman–Crippen LogP) is 5.40. The maximum Gasteiger partial charge on any atom is 0.282 e. The van der Waals surface area contributed by atoms with Crippen LogP contribution >= 0.6 is 31.9 Å². The van der Waals surface area contributed by atoms with E-state index in [-0.39, 0.29) is 12.2 Å². The van der Waals surface area contributed by atoms with Crippen LogP contribution in [-0.2, 0) is 5.41 Å². The SMILES string of the molecule is CCOc1cc(C=Nn2c(C(C)(C)C)nc3ccc(Br)cc3c2=O)c(Br)cc1OCC#N. The molecule has 0 spiro atoms. The van der Waals surface area contributed by atoms with E-state index in [4.69, 9.17) is 19.7 Å². The molecule has 0 saturated carbocycles. The molecule has 0 aliphatic rings.